The third-order valence-corrected chi connectivity index (χ3v) is 5.62. The van der Waals surface area contributed by atoms with Gasteiger partial charge in [-0.15, -0.1) is 0 Å². The number of nitrogens with zero attached hydrogens (tertiary/aromatic N) is 2. The molecule has 4 aromatic rings. The topological polar surface area (TPSA) is 65.4 Å². The van der Waals surface area contributed by atoms with Crippen LogP contribution in [0.3, 0.4) is 0 Å². The summed E-state index contributed by atoms with van der Waals surface area (Å²) in [6, 6.07) is 21.2. The van der Waals surface area contributed by atoms with Gasteiger partial charge in [-0.3, -0.25) is 4.79 Å². The van der Waals surface area contributed by atoms with E-state index in [1.807, 2.05) is 62.4 Å². The molecule has 6 nitrogen and oxygen atoms in total. The van der Waals surface area contributed by atoms with Gasteiger partial charge in [0, 0.05) is 17.7 Å². The smallest absolute Gasteiger partial charge is 0.226 e. The lowest BCUT2D eigenvalue weighted by Crippen LogP contribution is -2.13. The Kier molecular flexibility index (Phi) is 7.45. The van der Waals surface area contributed by atoms with Crippen molar-refractivity contribution in [1.29, 1.82) is 0 Å². The first-order chi connectivity index (χ1) is 17.0. The zero-order chi connectivity index (χ0) is 24.8. The summed E-state index contributed by atoms with van der Waals surface area (Å²) >= 11 is 0. The normalized spacial score (nSPS) is 10.7. The summed E-state index contributed by atoms with van der Waals surface area (Å²) in [4.78, 5) is 12.6. The molecule has 1 amide bonds. The molecule has 35 heavy (non-hydrogen) atoms. The fourth-order valence-corrected chi connectivity index (χ4v) is 3.76. The summed E-state index contributed by atoms with van der Waals surface area (Å²) in [5.41, 5.74) is 4.08. The number of anilines is 1. The third-order valence-electron chi connectivity index (χ3n) is 5.62. The lowest BCUT2D eigenvalue weighted by molar-refractivity contribution is -0.116. The van der Waals surface area contributed by atoms with Crippen molar-refractivity contribution < 1.29 is 18.7 Å². The maximum Gasteiger partial charge on any atom is 0.226 e. The van der Waals surface area contributed by atoms with Gasteiger partial charge in [-0.05, 0) is 74.4 Å². The van der Waals surface area contributed by atoms with E-state index in [-0.39, 0.29) is 12.3 Å². The van der Waals surface area contributed by atoms with E-state index in [9.17, 15) is 9.18 Å². The second kappa shape index (κ2) is 10.9. The van der Waals surface area contributed by atoms with E-state index >= 15 is 0 Å². The molecule has 7 heteroatoms. The van der Waals surface area contributed by atoms with Gasteiger partial charge in [0.05, 0.1) is 18.5 Å². The average Bonchev–Trinajstić information content (AvgIpc) is 3.21. The number of nitrogens with one attached hydrogen (secondary N) is 1. The number of ether oxygens (including phenoxy) is 2. The molecule has 1 aromatic heterocycles. The first kappa shape index (κ1) is 24.0. The molecule has 1 N–H and O–H groups in total. The summed E-state index contributed by atoms with van der Waals surface area (Å²) in [6.07, 6.45) is 1.29. The van der Waals surface area contributed by atoms with E-state index in [1.165, 1.54) is 12.1 Å². The van der Waals surface area contributed by atoms with E-state index in [1.54, 1.807) is 23.9 Å². The number of methoxy groups -OCH3 is 1. The third kappa shape index (κ3) is 5.87. The molecule has 0 spiro atoms. The molecule has 0 aliphatic carbocycles. The van der Waals surface area contributed by atoms with Gasteiger partial charge in [0.2, 0.25) is 11.8 Å². The van der Waals surface area contributed by atoms with Crippen LogP contribution in [0.15, 0.2) is 72.8 Å². The van der Waals surface area contributed by atoms with Crippen molar-refractivity contribution in [3.8, 4) is 23.1 Å². The van der Waals surface area contributed by atoms with Crippen LogP contribution >= 0.6 is 0 Å². The zero-order valence-electron chi connectivity index (χ0n) is 20.0. The van der Waals surface area contributed by atoms with Gasteiger partial charge in [0.15, 0.2) is 0 Å². The summed E-state index contributed by atoms with van der Waals surface area (Å²) in [6.45, 7) is 4.04. The van der Waals surface area contributed by atoms with Crippen LogP contribution in [0, 0.1) is 12.7 Å². The Labute approximate surface area is 204 Å². The minimum Gasteiger partial charge on any atom is -0.497 e. The Morgan fingerprint density at radius 3 is 2.40 bits per heavy atom. The van der Waals surface area contributed by atoms with Crippen LogP contribution in [0.4, 0.5) is 10.1 Å². The van der Waals surface area contributed by atoms with Crippen molar-refractivity contribution in [3.05, 3.63) is 95.4 Å². The average molecular weight is 474 g/mol. The van der Waals surface area contributed by atoms with Gasteiger partial charge >= 0.3 is 0 Å². The van der Waals surface area contributed by atoms with Crippen molar-refractivity contribution in [1.82, 2.24) is 9.78 Å². The molecule has 0 saturated heterocycles. The fraction of sp³-hybridized carbons (Fsp3) is 0.214. The lowest BCUT2D eigenvalue weighted by atomic mass is 10.1. The van der Waals surface area contributed by atoms with Gasteiger partial charge < -0.3 is 14.8 Å². The van der Waals surface area contributed by atoms with Crippen LogP contribution < -0.4 is 14.8 Å². The number of carbonyl (C=O) groups excluding carboxylic acids is 1. The Bertz CT molecular complexity index is 1300. The highest BCUT2D eigenvalue weighted by Gasteiger charge is 2.21. The Morgan fingerprint density at radius 1 is 1.03 bits per heavy atom. The fourth-order valence-electron chi connectivity index (χ4n) is 3.76. The maximum atomic E-state index is 13.5. The molecule has 0 unspecified atom stereocenters. The SMILES string of the molecule is CCc1nn(-c2ccc(OC)cc2)c(Oc2ccc(C)cc2)c1CCC(=O)Nc1cccc(F)c1. The van der Waals surface area contributed by atoms with Crippen LogP contribution in [0.5, 0.6) is 17.4 Å². The van der Waals surface area contributed by atoms with Crippen LogP contribution in [0.2, 0.25) is 0 Å². The first-order valence-corrected chi connectivity index (χ1v) is 11.5. The highest BCUT2D eigenvalue weighted by atomic mass is 19.1. The molecule has 180 valence electrons. The number of halogens is 1. The molecule has 0 fully saturated rings. The second-order valence-electron chi connectivity index (χ2n) is 8.17. The predicted molar refractivity (Wildman–Crippen MR) is 134 cm³/mol. The number of aryl methyl sites for hydroxylation is 2. The number of hydrogen-bond donors (Lipinski definition) is 1. The van der Waals surface area contributed by atoms with Gasteiger partial charge in [0.1, 0.15) is 17.3 Å². The summed E-state index contributed by atoms with van der Waals surface area (Å²) in [7, 11) is 1.62. The number of benzene rings is 3. The summed E-state index contributed by atoms with van der Waals surface area (Å²) < 4.78 is 26.9. The standard InChI is InChI=1S/C28H28FN3O3/c1-4-26-25(16-17-27(33)30-21-7-5-6-20(29)18-21)28(35-24-12-8-19(2)9-13-24)32(31-26)22-10-14-23(34-3)15-11-22/h5-15,18H,4,16-17H2,1-3H3,(H,30,33). The van der Waals surface area contributed by atoms with Crippen molar-refractivity contribution in [2.75, 3.05) is 12.4 Å². The molecule has 4 rings (SSSR count). The molecule has 0 aliphatic rings. The van der Waals surface area contributed by atoms with Crippen molar-refractivity contribution in [2.24, 2.45) is 0 Å². The van der Waals surface area contributed by atoms with Crippen LogP contribution in [0.1, 0.15) is 30.2 Å². The highest BCUT2D eigenvalue weighted by molar-refractivity contribution is 5.90. The predicted octanol–water partition coefficient (Wildman–Crippen LogP) is 6.25. The van der Waals surface area contributed by atoms with E-state index < -0.39 is 5.82 Å². The number of rotatable bonds is 9. The quantitative estimate of drug-likeness (QED) is 0.312. The number of carbonyl (C=O) groups is 1. The van der Waals surface area contributed by atoms with Crippen LogP contribution in [-0.2, 0) is 17.6 Å². The maximum absolute atomic E-state index is 13.5. The van der Waals surface area contributed by atoms with E-state index in [0.717, 1.165) is 28.3 Å². The summed E-state index contributed by atoms with van der Waals surface area (Å²) in [5.74, 6) is 1.38. The molecule has 3 aromatic carbocycles. The molecule has 0 radical (unpaired) electrons. The van der Waals surface area contributed by atoms with Crippen LogP contribution in [0.25, 0.3) is 5.69 Å². The van der Waals surface area contributed by atoms with Crippen LogP contribution in [-0.4, -0.2) is 22.8 Å². The molecule has 0 aliphatic heterocycles. The monoisotopic (exact) mass is 473 g/mol. The van der Waals surface area contributed by atoms with Crippen molar-refractivity contribution >= 4 is 11.6 Å². The van der Waals surface area contributed by atoms with E-state index in [2.05, 4.69) is 5.32 Å². The zero-order valence-corrected chi connectivity index (χ0v) is 20.0. The second-order valence-corrected chi connectivity index (χ2v) is 8.17. The molecule has 0 saturated carbocycles. The Morgan fingerprint density at radius 2 is 1.74 bits per heavy atom. The molecular weight excluding hydrogens is 445 g/mol. The Hall–Kier alpha value is -4.13. The van der Waals surface area contributed by atoms with Gasteiger partial charge in [-0.1, -0.05) is 30.7 Å². The first-order valence-electron chi connectivity index (χ1n) is 11.5. The molecule has 0 bridgehead atoms. The van der Waals surface area contributed by atoms with Crippen molar-refractivity contribution in [3.63, 3.8) is 0 Å². The summed E-state index contributed by atoms with van der Waals surface area (Å²) in [5, 5.41) is 7.57. The number of amides is 1. The molecular formula is C28H28FN3O3. The number of aromatic nitrogens is 2. The lowest BCUT2D eigenvalue weighted by Gasteiger charge is -2.12. The molecule has 1 heterocycles. The van der Waals surface area contributed by atoms with E-state index in [4.69, 9.17) is 14.6 Å². The van der Waals surface area contributed by atoms with Gasteiger partial charge in [-0.2, -0.15) is 5.10 Å². The molecule has 0 atom stereocenters. The van der Waals surface area contributed by atoms with Gasteiger partial charge in [-0.25, -0.2) is 9.07 Å². The highest BCUT2D eigenvalue weighted by Crippen LogP contribution is 2.33. The van der Waals surface area contributed by atoms with E-state index in [0.29, 0.717) is 30.2 Å². The largest absolute Gasteiger partial charge is 0.497 e. The van der Waals surface area contributed by atoms with Crippen molar-refractivity contribution in [2.45, 2.75) is 33.1 Å². The Balaban J connectivity index is 1.65. The minimum atomic E-state index is -0.398. The minimum absolute atomic E-state index is 0.197. The number of hydrogen-bond acceptors (Lipinski definition) is 4. The van der Waals surface area contributed by atoms with Gasteiger partial charge in [0.25, 0.3) is 0 Å².